The summed E-state index contributed by atoms with van der Waals surface area (Å²) in [5.41, 5.74) is 37.0. The molecule has 46 heteroatoms. The molecule has 1 aromatic rings. The molecule has 0 unspecified atom stereocenters. The Bertz CT molecular complexity index is 4290. The summed E-state index contributed by atoms with van der Waals surface area (Å²) in [6.07, 6.45) is 9.22. The highest BCUT2D eigenvalue weighted by Crippen LogP contribution is 2.23. The Kier molecular flexibility index (Phi) is 65.8. The summed E-state index contributed by atoms with van der Waals surface area (Å²) in [6, 6.07) is -11.5. The van der Waals surface area contributed by atoms with Crippen LogP contribution in [0.3, 0.4) is 0 Å². The Morgan fingerprint density at radius 2 is 0.811 bits per heavy atom. The Morgan fingerprint density at radius 3 is 1.29 bits per heavy atom. The lowest BCUT2D eigenvalue weighted by Crippen LogP contribution is -2.65. The summed E-state index contributed by atoms with van der Waals surface area (Å²) in [6.45, 7) is 26.0. The van der Waals surface area contributed by atoms with Crippen molar-refractivity contribution in [2.75, 3.05) is 85.5 Å². The fourth-order valence-electron chi connectivity index (χ4n) is 16.2. The van der Waals surface area contributed by atoms with E-state index < -0.39 is 227 Å². The van der Waals surface area contributed by atoms with Crippen molar-refractivity contribution in [2.24, 2.45) is 69.7 Å². The number of nitrogens with two attached hydrogens (primary N) is 7. The number of aliphatic hydroxyl groups excluding tert-OH is 1. The third kappa shape index (κ3) is 52.9. The number of ether oxygens (including phenoxy) is 3. The van der Waals surface area contributed by atoms with Crippen molar-refractivity contribution in [3.05, 3.63) is 48.0 Å². The van der Waals surface area contributed by atoms with Gasteiger partial charge in [0.1, 0.15) is 108 Å². The molecule has 0 saturated carbocycles. The Labute approximate surface area is 874 Å². The summed E-state index contributed by atoms with van der Waals surface area (Å²) in [5.74, 6) is -16.3. The van der Waals surface area contributed by atoms with Gasteiger partial charge in [0.25, 0.3) is 0 Å². The molecule has 1 aromatic carbocycles. The molecule has 0 bridgehead atoms. The summed E-state index contributed by atoms with van der Waals surface area (Å²) < 4.78 is 16.2. The average molecular weight is 2100 g/mol. The molecule has 842 valence electrons. The van der Waals surface area contributed by atoms with Crippen molar-refractivity contribution in [2.45, 2.75) is 373 Å². The van der Waals surface area contributed by atoms with Gasteiger partial charge in [-0.3, -0.25) is 86.3 Å². The van der Waals surface area contributed by atoms with Gasteiger partial charge in [-0.15, -0.1) is 0 Å². The van der Waals surface area contributed by atoms with E-state index in [-0.39, 0.29) is 153 Å². The summed E-state index contributed by atoms with van der Waals surface area (Å²) in [4.78, 5) is 258. The average Bonchev–Trinajstić information content (AvgIpc) is 0.905. The molecule has 1 heterocycles. The van der Waals surface area contributed by atoms with Crippen molar-refractivity contribution in [1.82, 2.24) is 90.4 Å². The summed E-state index contributed by atoms with van der Waals surface area (Å²) in [7, 11) is 0. The minimum absolute atomic E-state index is 0.0168. The number of amides is 18. The highest BCUT2D eigenvalue weighted by molar-refractivity contribution is 6.02. The molecule has 0 radical (unpaired) electrons. The molecule has 18 amide bonds. The van der Waals surface area contributed by atoms with Crippen LogP contribution in [0.4, 0.5) is 0 Å². The number of aliphatic hydroxyl groups is 1. The predicted molar refractivity (Wildman–Crippen MR) is 561 cm³/mol. The minimum Gasteiger partial charge on any atom is -0.394 e. The van der Waals surface area contributed by atoms with E-state index in [1.54, 1.807) is 84.0 Å². The molecule has 1 aliphatic heterocycles. The first kappa shape index (κ1) is 133. The molecule has 17 atom stereocenters. The highest BCUT2D eigenvalue weighted by atomic mass is 16.5. The lowest BCUT2D eigenvalue weighted by atomic mass is 9.91. The number of benzene rings is 1. The van der Waals surface area contributed by atoms with Gasteiger partial charge < -0.3 is 150 Å². The van der Waals surface area contributed by atoms with Gasteiger partial charge in [0, 0.05) is 13.0 Å². The van der Waals surface area contributed by atoms with E-state index in [9.17, 15) is 86.6 Å². The molecule has 32 N–H and O–H groups in total. The van der Waals surface area contributed by atoms with Crippen molar-refractivity contribution in [3.8, 4) is 0 Å². The molecule has 0 saturated heterocycles. The van der Waals surface area contributed by atoms with Gasteiger partial charge in [-0.1, -0.05) is 112 Å². The van der Waals surface area contributed by atoms with Crippen LogP contribution in [0.1, 0.15) is 270 Å². The molecule has 46 nitrogen and oxygen atoms in total. The molecule has 0 aromatic heterocycles. The second kappa shape index (κ2) is 73.2. The van der Waals surface area contributed by atoms with Crippen LogP contribution < -0.4 is 131 Å². The summed E-state index contributed by atoms with van der Waals surface area (Å²) >= 11 is 0. The largest absolute Gasteiger partial charge is 0.394 e. The Hall–Kier alpha value is -11.0. The van der Waals surface area contributed by atoms with Gasteiger partial charge in [0.05, 0.1) is 39.6 Å². The van der Waals surface area contributed by atoms with E-state index in [4.69, 9.17) is 54.3 Å². The first-order valence-electron chi connectivity index (χ1n) is 52.8. The Morgan fingerprint density at radius 1 is 0.405 bits per heavy atom. The molecular formula is C102H182N24O22. The number of allylic oxidation sites excluding steroid dienone is 2. The number of hydrogen-bond acceptors (Lipinski definition) is 28. The molecule has 0 spiro atoms. The van der Waals surface area contributed by atoms with Crippen LogP contribution in [-0.2, 0) is 107 Å². The number of hydrogen-bond donors (Lipinski definition) is 25. The number of primary amides is 1. The first-order valence-corrected chi connectivity index (χ1v) is 52.8. The van der Waals surface area contributed by atoms with Gasteiger partial charge in [0.15, 0.2) is 0 Å². The van der Waals surface area contributed by atoms with Gasteiger partial charge in [0.2, 0.25) is 106 Å². The number of rotatable bonds is 68. The zero-order chi connectivity index (χ0) is 111. The lowest BCUT2D eigenvalue weighted by Gasteiger charge is -2.33. The second-order valence-electron chi connectivity index (χ2n) is 40.8. The fourth-order valence-corrected chi connectivity index (χ4v) is 16.2. The van der Waals surface area contributed by atoms with Crippen molar-refractivity contribution in [3.63, 3.8) is 0 Å². The van der Waals surface area contributed by atoms with Crippen LogP contribution >= 0.6 is 0 Å². The zero-order valence-corrected chi connectivity index (χ0v) is 90.2. The van der Waals surface area contributed by atoms with Crippen molar-refractivity contribution in [1.29, 1.82) is 0 Å². The smallest absolute Gasteiger partial charge is 0.246 e. The van der Waals surface area contributed by atoms with Gasteiger partial charge in [-0.2, -0.15) is 0 Å². The van der Waals surface area contributed by atoms with Gasteiger partial charge in [-0.25, -0.2) is 0 Å². The molecule has 148 heavy (non-hydrogen) atoms. The number of carbonyl (C=O) groups excluding carboxylic acids is 18. The standard InChI is InChI=1S/C102H182N24O22/c1-62(2)55-76(120-90(135)74(40-26-33-47-106)116-88(133)72(38-24-31-45-104)113-82(128)61-148-54-53-147-52-51-146-50-49-108)91(136)110-67(11)85(130)115-73(39-25-32-46-105)89(134)122-80(59-70-35-21-20-22-36-70)94(139)121-79(58-65(7)8)95(140)124-83(66(9)10)98(143)123-81(60-127)97(142)126-102(15)43-29-19-17-16-18-28-42-101(14,99(144)111-68(12)86(131)118-77(56-63(3)4)92(137)114-71(84(109)129)37-23-30-44-103)125-96(141)75(41-27-34-48-107)117-93(138)78(57-64(5)6)119-87(132)69(13)112-100(102)145/h16-17,20-22,35-36,62-69,71-81,83,127H,18-19,23-34,37-61,103-108H2,1-15H3,(H2,109,129)(H,110,136)(H,111,144)(H,112,145)(H,113,128)(H,114,137)(H,115,130)(H,116,133)(H,117,138)(H,118,131)(H,119,132)(H,120,135)(H,121,139)(H,122,134)(H,123,143)(H,124,140)(H,125,141)(H,126,142)/t67-,68-,69-,71-,72-,73-,74-,75-,76-,77-,78-,79-,80-,81-,83-,101-,102-/m0/s1. The van der Waals surface area contributed by atoms with E-state index in [2.05, 4.69) is 90.4 Å². The fraction of sp³-hybridized carbons (Fsp3) is 0.745. The van der Waals surface area contributed by atoms with Crippen LogP contribution in [0.15, 0.2) is 42.5 Å². The zero-order valence-electron chi connectivity index (χ0n) is 90.2. The quantitative estimate of drug-likeness (QED) is 0.0252. The summed E-state index contributed by atoms with van der Waals surface area (Å²) in [5, 5.41) is 57.2. The lowest BCUT2D eigenvalue weighted by molar-refractivity contribution is -0.139. The van der Waals surface area contributed by atoms with Crippen LogP contribution in [0.25, 0.3) is 0 Å². The van der Waals surface area contributed by atoms with Crippen LogP contribution in [0, 0.1) is 29.6 Å². The first-order chi connectivity index (χ1) is 70.1. The molecular weight excluding hydrogens is 1910 g/mol. The molecule has 2 rings (SSSR count). The predicted octanol–water partition coefficient (Wildman–Crippen LogP) is -1.81. The minimum atomic E-state index is -1.93. The molecule has 0 aliphatic carbocycles. The van der Waals surface area contributed by atoms with Gasteiger partial charge in [-0.05, 0) is 263 Å². The highest BCUT2D eigenvalue weighted by Gasteiger charge is 2.44. The van der Waals surface area contributed by atoms with Gasteiger partial charge >= 0.3 is 0 Å². The number of carbonyl (C=O) groups is 18. The molecule has 0 fully saturated rings. The van der Waals surface area contributed by atoms with Crippen LogP contribution in [-0.4, -0.2) is 299 Å². The SMILES string of the molecule is CC(C)C[C@H](NC(=O)[C@H](C)NC(=O)[C@]1(C)CCCC=CCCC[C@](C)(NC(=O)[C@H](CO)NC(=O)[C@@H](NC(=O)[C@H](CC(C)C)NC(=O)[C@H](Cc2ccccc2)NC(=O)[C@H](CCCCN)NC(=O)[C@H](C)NC(=O)[C@H](CC(C)C)NC(=O)[C@H](CCCCN)NC(=O)[C@H](CCCCN)NC(=O)COCCOCCOCCN)C(C)C)C(=O)N[C@@H](C)C(=O)N[C@@H](CC(C)C)C(=O)N[C@@H](CCCCN)C(=O)N1)C(=O)N[C@@H](CCCCN)C(N)=O. The van der Waals surface area contributed by atoms with Crippen LogP contribution in [0.2, 0.25) is 0 Å². The van der Waals surface area contributed by atoms with Crippen LogP contribution in [0.5, 0.6) is 0 Å². The second-order valence-corrected chi connectivity index (χ2v) is 40.8. The molecule has 1 aliphatic rings. The van der Waals surface area contributed by atoms with E-state index in [0.29, 0.717) is 116 Å². The van der Waals surface area contributed by atoms with E-state index in [0.717, 1.165) is 0 Å². The van der Waals surface area contributed by atoms with E-state index in [1.807, 2.05) is 27.7 Å². The van der Waals surface area contributed by atoms with Crippen molar-refractivity contribution >= 4 is 106 Å². The maximum Gasteiger partial charge on any atom is 0.246 e. The Balaban J connectivity index is 2.58. The van der Waals surface area contributed by atoms with E-state index >= 15 is 4.79 Å². The van der Waals surface area contributed by atoms with Crippen molar-refractivity contribution < 1.29 is 106 Å². The maximum absolute atomic E-state index is 15.0. The monoisotopic (exact) mass is 2100 g/mol. The third-order valence-corrected chi connectivity index (χ3v) is 24.8. The third-order valence-electron chi connectivity index (χ3n) is 24.8. The normalized spacial score (nSPS) is 19.1. The van der Waals surface area contributed by atoms with E-state index in [1.165, 1.54) is 34.6 Å². The number of nitrogens with one attached hydrogen (secondary N) is 17. The topological polar surface area (TPSA) is 742 Å². The maximum atomic E-state index is 15.0. The number of unbranched alkanes of at least 4 members (excludes halogenated alkanes) is 5.